The number of rotatable bonds is 4. The fourth-order valence-corrected chi connectivity index (χ4v) is 1.59. The van der Waals surface area contributed by atoms with Crippen LogP contribution >= 0.6 is 0 Å². The number of carbonyl (C=O) groups is 1. The van der Waals surface area contributed by atoms with E-state index < -0.39 is 0 Å². The zero-order valence-corrected chi connectivity index (χ0v) is 8.61. The lowest BCUT2D eigenvalue weighted by Gasteiger charge is -2.25. The van der Waals surface area contributed by atoms with Gasteiger partial charge in [-0.3, -0.25) is 4.79 Å². The molecule has 1 amide bonds. The zero-order valence-electron chi connectivity index (χ0n) is 8.61. The fourth-order valence-electron chi connectivity index (χ4n) is 1.59. The monoisotopic (exact) mass is 212 g/mol. The van der Waals surface area contributed by atoms with Gasteiger partial charge in [0, 0.05) is 0 Å². The summed E-state index contributed by atoms with van der Waals surface area (Å²) < 4.78 is 5.36. The molecule has 84 valence electrons. The molecule has 1 aliphatic carbocycles. The lowest BCUT2D eigenvalue weighted by Crippen LogP contribution is -2.32. The number of hydrogen-bond donors (Lipinski definition) is 2. The Hall–Kier alpha value is -1.12. The van der Waals surface area contributed by atoms with Crippen LogP contribution in [-0.2, 0) is 9.53 Å². The second-order valence-corrected chi connectivity index (χ2v) is 3.68. The predicted octanol–water partition coefficient (Wildman–Crippen LogP) is -0.0537. The van der Waals surface area contributed by atoms with Crippen LogP contribution < -0.4 is 5.32 Å². The van der Waals surface area contributed by atoms with Crippen LogP contribution in [0.1, 0.15) is 25.7 Å². The van der Waals surface area contributed by atoms with Crippen molar-refractivity contribution in [2.75, 3.05) is 13.2 Å². The Labute approximate surface area is 89.0 Å². The molecule has 1 saturated carbocycles. The topological polar surface area (TPSA) is 82.4 Å². The van der Waals surface area contributed by atoms with Crippen molar-refractivity contribution < 1.29 is 14.6 Å². The van der Waals surface area contributed by atoms with Crippen LogP contribution in [0.25, 0.3) is 0 Å². The Balaban J connectivity index is 2.09. The van der Waals surface area contributed by atoms with Crippen LogP contribution in [0.3, 0.4) is 0 Å². The molecule has 0 saturated heterocycles. The molecule has 0 aromatic heterocycles. The summed E-state index contributed by atoms with van der Waals surface area (Å²) in [5, 5.41) is 19.9. The molecule has 15 heavy (non-hydrogen) atoms. The van der Waals surface area contributed by atoms with Gasteiger partial charge in [-0.25, -0.2) is 0 Å². The third-order valence-corrected chi connectivity index (χ3v) is 2.46. The summed E-state index contributed by atoms with van der Waals surface area (Å²) in [6, 6.07) is 1.82. The Morgan fingerprint density at radius 1 is 1.47 bits per heavy atom. The van der Waals surface area contributed by atoms with E-state index in [1.165, 1.54) is 0 Å². The van der Waals surface area contributed by atoms with Crippen LogP contribution in [0.15, 0.2) is 0 Å². The minimum atomic E-state index is -0.261. The van der Waals surface area contributed by atoms with E-state index in [9.17, 15) is 9.90 Å². The minimum Gasteiger partial charge on any atom is -0.393 e. The van der Waals surface area contributed by atoms with Gasteiger partial charge in [0.1, 0.15) is 13.2 Å². The third kappa shape index (κ3) is 4.77. The van der Waals surface area contributed by atoms with Gasteiger partial charge < -0.3 is 15.2 Å². The van der Waals surface area contributed by atoms with Crippen LogP contribution in [0.4, 0.5) is 0 Å². The zero-order chi connectivity index (χ0) is 11.1. The number of nitriles is 1. The number of ether oxygens (including phenoxy) is 1. The highest BCUT2D eigenvalue weighted by Crippen LogP contribution is 2.20. The molecule has 0 aromatic carbocycles. The first-order valence-corrected chi connectivity index (χ1v) is 5.15. The quantitative estimate of drug-likeness (QED) is 0.640. The summed E-state index contributed by atoms with van der Waals surface area (Å²) >= 11 is 0. The summed E-state index contributed by atoms with van der Waals surface area (Å²) in [7, 11) is 0. The predicted molar refractivity (Wildman–Crippen MR) is 52.8 cm³/mol. The van der Waals surface area contributed by atoms with E-state index >= 15 is 0 Å². The highest BCUT2D eigenvalue weighted by Gasteiger charge is 2.20. The largest absolute Gasteiger partial charge is 0.393 e. The number of aliphatic hydroxyl groups is 1. The molecular weight excluding hydrogens is 196 g/mol. The lowest BCUT2D eigenvalue weighted by atomic mass is 9.95. The Bertz CT molecular complexity index is 242. The number of carbonyl (C=O) groups excluding carboxylic acids is 1. The van der Waals surface area contributed by atoms with Crippen molar-refractivity contribution in [3.05, 3.63) is 0 Å². The van der Waals surface area contributed by atoms with Crippen molar-refractivity contribution in [1.29, 1.82) is 5.26 Å². The second-order valence-electron chi connectivity index (χ2n) is 3.68. The van der Waals surface area contributed by atoms with E-state index in [0.717, 1.165) is 25.7 Å². The summed E-state index contributed by atoms with van der Waals surface area (Å²) in [6.07, 6.45) is 2.94. The smallest absolute Gasteiger partial charge is 0.246 e. The van der Waals surface area contributed by atoms with E-state index in [-0.39, 0.29) is 31.3 Å². The molecule has 0 bridgehead atoms. The van der Waals surface area contributed by atoms with Crippen molar-refractivity contribution in [2.45, 2.75) is 37.9 Å². The molecule has 0 aliphatic heterocycles. The van der Waals surface area contributed by atoms with Crippen LogP contribution in [0.2, 0.25) is 0 Å². The molecule has 1 aliphatic rings. The maximum atomic E-state index is 11.1. The summed E-state index contributed by atoms with van der Waals surface area (Å²) in [5.74, 6) is -0.261. The van der Waals surface area contributed by atoms with Crippen LogP contribution in [-0.4, -0.2) is 36.4 Å². The SMILES string of the molecule is N#CCNC(=O)COC1CCC(O)CC1. The Morgan fingerprint density at radius 3 is 2.73 bits per heavy atom. The first-order valence-electron chi connectivity index (χ1n) is 5.15. The van der Waals surface area contributed by atoms with Crippen molar-refractivity contribution in [1.82, 2.24) is 5.32 Å². The van der Waals surface area contributed by atoms with Gasteiger partial charge in [-0.2, -0.15) is 5.26 Å². The van der Waals surface area contributed by atoms with Crippen molar-refractivity contribution >= 4 is 5.91 Å². The van der Waals surface area contributed by atoms with Gasteiger partial charge in [-0.1, -0.05) is 0 Å². The van der Waals surface area contributed by atoms with Gasteiger partial charge in [0.05, 0.1) is 18.3 Å². The summed E-state index contributed by atoms with van der Waals surface area (Å²) in [6.45, 7) is 0.0218. The molecule has 0 radical (unpaired) electrons. The van der Waals surface area contributed by atoms with Gasteiger partial charge in [-0.05, 0) is 25.7 Å². The number of hydrogen-bond acceptors (Lipinski definition) is 4. The third-order valence-electron chi connectivity index (χ3n) is 2.46. The van der Waals surface area contributed by atoms with Crippen LogP contribution in [0.5, 0.6) is 0 Å². The van der Waals surface area contributed by atoms with E-state index in [1.807, 2.05) is 6.07 Å². The summed E-state index contributed by atoms with van der Waals surface area (Å²) in [5.41, 5.74) is 0. The normalized spacial score (nSPS) is 25.6. The molecule has 5 heteroatoms. The number of nitrogens with one attached hydrogen (secondary N) is 1. The molecule has 1 rings (SSSR count). The van der Waals surface area contributed by atoms with E-state index in [4.69, 9.17) is 10.00 Å². The number of aliphatic hydroxyl groups excluding tert-OH is 1. The van der Waals surface area contributed by atoms with Gasteiger partial charge in [-0.15, -0.1) is 0 Å². The average molecular weight is 212 g/mol. The van der Waals surface area contributed by atoms with Gasteiger partial charge in [0.2, 0.25) is 5.91 Å². The summed E-state index contributed by atoms with van der Waals surface area (Å²) in [4.78, 5) is 11.1. The Morgan fingerprint density at radius 2 is 2.13 bits per heavy atom. The highest BCUT2D eigenvalue weighted by molar-refractivity contribution is 5.77. The molecule has 1 fully saturated rings. The number of amides is 1. The number of nitrogens with zero attached hydrogens (tertiary/aromatic N) is 1. The van der Waals surface area contributed by atoms with Crippen molar-refractivity contribution in [2.24, 2.45) is 0 Å². The first-order chi connectivity index (χ1) is 7.22. The molecular formula is C10H16N2O3. The standard InChI is InChI=1S/C10H16N2O3/c11-5-6-12-10(14)7-15-9-3-1-8(13)2-4-9/h8-9,13H,1-4,6-7H2,(H,12,14). The molecule has 0 unspecified atom stereocenters. The Kier molecular flexibility index (Phi) is 5.08. The molecule has 0 atom stereocenters. The molecule has 0 heterocycles. The lowest BCUT2D eigenvalue weighted by molar-refractivity contribution is -0.128. The highest BCUT2D eigenvalue weighted by atomic mass is 16.5. The van der Waals surface area contributed by atoms with Gasteiger partial charge >= 0.3 is 0 Å². The molecule has 5 nitrogen and oxygen atoms in total. The van der Waals surface area contributed by atoms with Gasteiger partial charge in [0.15, 0.2) is 0 Å². The molecule has 0 aromatic rings. The second kappa shape index (κ2) is 6.38. The fraction of sp³-hybridized carbons (Fsp3) is 0.800. The molecule has 0 spiro atoms. The van der Waals surface area contributed by atoms with E-state index in [2.05, 4.69) is 5.32 Å². The van der Waals surface area contributed by atoms with Crippen molar-refractivity contribution in [3.63, 3.8) is 0 Å². The van der Waals surface area contributed by atoms with Crippen molar-refractivity contribution in [3.8, 4) is 6.07 Å². The van der Waals surface area contributed by atoms with E-state index in [1.54, 1.807) is 0 Å². The maximum absolute atomic E-state index is 11.1. The van der Waals surface area contributed by atoms with E-state index in [0.29, 0.717) is 0 Å². The average Bonchev–Trinajstić information content (AvgIpc) is 2.25. The maximum Gasteiger partial charge on any atom is 0.246 e. The first kappa shape index (κ1) is 12.0. The molecule has 2 N–H and O–H groups in total. The minimum absolute atomic E-state index is 0.00242. The van der Waals surface area contributed by atoms with Gasteiger partial charge in [0.25, 0.3) is 0 Å². The van der Waals surface area contributed by atoms with Crippen LogP contribution in [0, 0.1) is 11.3 Å².